The van der Waals surface area contributed by atoms with Crippen LogP contribution < -0.4 is 0 Å². The fourth-order valence-electron chi connectivity index (χ4n) is 2.75. The maximum Gasteiger partial charge on any atom is 0.123 e. The summed E-state index contributed by atoms with van der Waals surface area (Å²) >= 11 is 8.04. The van der Waals surface area contributed by atoms with Gasteiger partial charge in [-0.05, 0) is 48.1 Å². The van der Waals surface area contributed by atoms with E-state index in [4.69, 9.17) is 11.6 Å². The molecule has 3 rings (SSSR count). The molecule has 0 saturated carbocycles. The average Bonchev–Trinajstić information content (AvgIpc) is 2.87. The lowest BCUT2D eigenvalue weighted by atomic mass is 9.94. The molecule has 2 atom stereocenters. The van der Waals surface area contributed by atoms with Gasteiger partial charge in [0, 0.05) is 16.0 Å². The molecule has 0 saturated heterocycles. The second-order valence-electron chi connectivity index (χ2n) is 5.19. The Morgan fingerprint density at radius 2 is 2.05 bits per heavy atom. The summed E-state index contributed by atoms with van der Waals surface area (Å²) < 4.78 is 13.3. The zero-order valence-electron chi connectivity index (χ0n) is 11.1. The molecule has 2 aromatic rings. The van der Waals surface area contributed by atoms with Gasteiger partial charge in [-0.25, -0.2) is 4.39 Å². The molecule has 3 heteroatoms. The van der Waals surface area contributed by atoms with Crippen LogP contribution in [0, 0.1) is 5.82 Å². The van der Waals surface area contributed by atoms with Crippen LogP contribution in [-0.4, -0.2) is 11.1 Å². The lowest BCUT2D eigenvalue weighted by molar-refractivity contribution is 0.612. The Bertz CT molecular complexity index is 574. The van der Waals surface area contributed by atoms with Gasteiger partial charge in [-0.2, -0.15) is 0 Å². The highest BCUT2D eigenvalue weighted by Crippen LogP contribution is 2.41. The summed E-state index contributed by atoms with van der Waals surface area (Å²) in [7, 11) is 0. The first-order valence-corrected chi connectivity index (χ1v) is 8.23. The molecule has 0 nitrogen and oxygen atoms in total. The van der Waals surface area contributed by atoms with Gasteiger partial charge in [-0.3, -0.25) is 0 Å². The van der Waals surface area contributed by atoms with Crippen LogP contribution in [0.4, 0.5) is 4.39 Å². The van der Waals surface area contributed by atoms with E-state index in [0.29, 0.717) is 11.1 Å². The third-order valence-electron chi connectivity index (χ3n) is 3.77. The smallest absolute Gasteiger partial charge is 0.123 e. The summed E-state index contributed by atoms with van der Waals surface area (Å²) in [5, 5.41) is 0.541. The van der Waals surface area contributed by atoms with Gasteiger partial charge < -0.3 is 0 Å². The van der Waals surface area contributed by atoms with Gasteiger partial charge in [0.05, 0.1) is 0 Å². The minimum atomic E-state index is -0.181. The van der Waals surface area contributed by atoms with E-state index in [0.717, 1.165) is 18.4 Å². The Labute approximate surface area is 128 Å². The standard InChI is InChI=1S/C17H16ClFS/c18-11-14(12-5-3-6-15(19)8-12)10-16-9-13-4-1-2-7-17(13)20-16/h1-8,14,16H,9-11H2. The molecule has 0 aliphatic carbocycles. The van der Waals surface area contributed by atoms with Gasteiger partial charge in [0.1, 0.15) is 5.82 Å². The Balaban J connectivity index is 1.71. The normalized spacial score (nSPS) is 18.8. The van der Waals surface area contributed by atoms with Crippen LogP contribution in [0.15, 0.2) is 53.4 Å². The molecular formula is C17H16ClFS. The minimum Gasteiger partial charge on any atom is -0.207 e. The zero-order valence-corrected chi connectivity index (χ0v) is 12.6. The summed E-state index contributed by atoms with van der Waals surface area (Å²) in [5.74, 6) is 0.579. The van der Waals surface area contributed by atoms with E-state index in [2.05, 4.69) is 24.3 Å². The third kappa shape index (κ3) is 3.02. The summed E-state index contributed by atoms with van der Waals surface area (Å²) in [5.41, 5.74) is 2.44. The molecular weight excluding hydrogens is 291 g/mol. The van der Waals surface area contributed by atoms with Crippen molar-refractivity contribution in [3.8, 4) is 0 Å². The van der Waals surface area contributed by atoms with Gasteiger partial charge in [0.25, 0.3) is 0 Å². The largest absolute Gasteiger partial charge is 0.207 e. The van der Waals surface area contributed by atoms with Crippen molar-refractivity contribution in [3.05, 3.63) is 65.5 Å². The van der Waals surface area contributed by atoms with E-state index in [9.17, 15) is 4.39 Å². The molecule has 1 heterocycles. The number of hydrogen-bond donors (Lipinski definition) is 0. The Hall–Kier alpha value is -0.990. The lowest BCUT2D eigenvalue weighted by Crippen LogP contribution is -2.10. The molecule has 2 unspecified atom stereocenters. The van der Waals surface area contributed by atoms with Crippen LogP contribution in [-0.2, 0) is 6.42 Å². The molecule has 1 aliphatic heterocycles. The predicted octanol–water partition coefficient (Wildman–Crippen LogP) is 5.26. The molecule has 0 amide bonds. The summed E-state index contributed by atoms with van der Waals surface area (Å²) in [4.78, 5) is 1.38. The van der Waals surface area contributed by atoms with Crippen molar-refractivity contribution in [1.82, 2.24) is 0 Å². The summed E-state index contributed by atoms with van der Waals surface area (Å²) in [6.07, 6.45) is 2.08. The molecule has 0 aromatic heterocycles. The van der Waals surface area contributed by atoms with Crippen molar-refractivity contribution < 1.29 is 4.39 Å². The number of alkyl halides is 1. The van der Waals surface area contributed by atoms with Crippen molar-refractivity contribution in [2.24, 2.45) is 0 Å². The Kier molecular flexibility index (Phi) is 4.32. The highest BCUT2D eigenvalue weighted by Gasteiger charge is 2.25. The van der Waals surface area contributed by atoms with Gasteiger partial charge in [-0.15, -0.1) is 23.4 Å². The molecule has 0 radical (unpaired) electrons. The number of benzene rings is 2. The first kappa shape index (κ1) is 14.0. The quantitative estimate of drug-likeness (QED) is 0.695. The molecule has 2 aromatic carbocycles. The topological polar surface area (TPSA) is 0 Å². The van der Waals surface area contributed by atoms with Gasteiger partial charge >= 0.3 is 0 Å². The minimum absolute atomic E-state index is 0.181. The molecule has 1 aliphatic rings. The van der Waals surface area contributed by atoms with E-state index in [1.165, 1.54) is 16.5 Å². The van der Waals surface area contributed by atoms with Crippen LogP contribution in [0.5, 0.6) is 0 Å². The van der Waals surface area contributed by atoms with Crippen LogP contribution in [0.2, 0.25) is 0 Å². The second-order valence-corrected chi connectivity index (χ2v) is 6.84. The first-order chi connectivity index (χ1) is 9.76. The highest BCUT2D eigenvalue weighted by atomic mass is 35.5. The summed E-state index contributed by atoms with van der Waals surface area (Å²) in [6.45, 7) is 0. The zero-order chi connectivity index (χ0) is 13.9. The summed E-state index contributed by atoms with van der Waals surface area (Å²) in [6, 6.07) is 15.4. The van der Waals surface area contributed by atoms with Crippen molar-refractivity contribution >= 4 is 23.4 Å². The molecule has 0 N–H and O–H groups in total. The molecule has 0 bridgehead atoms. The van der Waals surface area contributed by atoms with Crippen LogP contribution in [0.3, 0.4) is 0 Å². The number of hydrogen-bond acceptors (Lipinski definition) is 1. The Morgan fingerprint density at radius 1 is 1.20 bits per heavy atom. The third-order valence-corrected chi connectivity index (χ3v) is 5.48. The Morgan fingerprint density at radius 3 is 2.80 bits per heavy atom. The van der Waals surface area contributed by atoms with Crippen molar-refractivity contribution in [1.29, 1.82) is 0 Å². The van der Waals surface area contributed by atoms with Gasteiger partial charge in [0.2, 0.25) is 0 Å². The first-order valence-electron chi connectivity index (χ1n) is 6.82. The molecule has 0 spiro atoms. The fourth-order valence-corrected chi connectivity index (χ4v) is 4.47. The van der Waals surface area contributed by atoms with E-state index < -0.39 is 0 Å². The SMILES string of the molecule is Fc1cccc(C(CCl)CC2Cc3ccccc3S2)c1. The second kappa shape index (κ2) is 6.19. The number of fused-ring (bicyclic) bond motifs is 1. The molecule has 0 fully saturated rings. The highest BCUT2D eigenvalue weighted by molar-refractivity contribution is 8.00. The van der Waals surface area contributed by atoms with Crippen molar-refractivity contribution in [2.75, 3.05) is 5.88 Å². The number of thioether (sulfide) groups is 1. The number of halogens is 2. The number of rotatable bonds is 4. The maximum atomic E-state index is 13.3. The fraction of sp³-hybridized carbons (Fsp3) is 0.294. The lowest BCUT2D eigenvalue weighted by Gasteiger charge is -2.18. The van der Waals surface area contributed by atoms with Crippen LogP contribution in [0.25, 0.3) is 0 Å². The average molecular weight is 307 g/mol. The van der Waals surface area contributed by atoms with Crippen molar-refractivity contribution in [3.63, 3.8) is 0 Å². The monoisotopic (exact) mass is 306 g/mol. The predicted molar refractivity (Wildman–Crippen MR) is 84.3 cm³/mol. The molecule has 104 valence electrons. The van der Waals surface area contributed by atoms with Gasteiger partial charge in [0.15, 0.2) is 0 Å². The van der Waals surface area contributed by atoms with E-state index in [-0.39, 0.29) is 11.7 Å². The van der Waals surface area contributed by atoms with Crippen molar-refractivity contribution in [2.45, 2.75) is 28.9 Å². The van der Waals surface area contributed by atoms with E-state index >= 15 is 0 Å². The van der Waals surface area contributed by atoms with Crippen LogP contribution in [0.1, 0.15) is 23.5 Å². The maximum absolute atomic E-state index is 13.3. The van der Waals surface area contributed by atoms with E-state index in [1.807, 2.05) is 17.8 Å². The molecule has 20 heavy (non-hydrogen) atoms. The van der Waals surface area contributed by atoms with Gasteiger partial charge in [-0.1, -0.05) is 30.3 Å². The van der Waals surface area contributed by atoms with E-state index in [1.54, 1.807) is 12.1 Å². The van der Waals surface area contributed by atoms with Crippen LogP contribution >= 0.6 is 23.4 Å².